The molecule has 0 aromatic heterocycles. The maximum atomic E-state index is 12.2. The van der Waals surface area contributed by atoms with E-state index in [1.807, 2.05) is 25.1 Å². The van der Waals surface area contributed by atoms with Crippen LogP contribution in [0.4, 0.5) is 13.2 Å². The Kier molecular flexibility index (Phi) is 13.4. The van der Waals surface area contributed by atoms with Crippen LogP contribution in [0, 0.1) is 0 Å². The summed E-state index contributed by atoms with van der Waals surface area (Å²) in [6.07, 6.45) is 0.369. The van der Waals surface area contributed by atoms with E-state index in [0.29, 0.717) is 18.2 Å². The van der Waals surface area contributed by atoms with Gasteiger partial charge in [-0.2, -0.15) is 13.2 Å². The van der Waals surface area contributed by atoms with Crippen molar-refractivity contribution in [3.8, 4) is 0 Å². The molecule has 1 aromatic carbocycles. The molecule has 1 aliphatic rings. The van der Waals surface area contributed by atoms with Crippen LogP contribution in [0.1, 0.15) is 50.7 Å². The highest BCUT2D eigenvalue weighted by Crippen LogP contribution is 2.16. The highest BCUT2D eigenvalue weighted by molar-refractivity contribution is 14.0. The van der Waals surface area contributed by atoms with Gasteiger partial charge in [-0.1, -0.05) is 37.6 Å². The molecule has 0 atom stereocenters. The second-order valence-electron chi connectivity index (χ2n) is 7.74. The number of unbranched alkanes of at least 4 members (excludes halogenated alkanes) is 1. The van der Waals surface area contributed by atoms with Crippen LogP contribution in [0.5, 0.6) is 0 Å². The first-order valence-corrected chi connectivity index (χ1v) is 10.9. The molecule has 1 aliphatic heterocycles. The zero-order valence-electron chi connectivity index (χ0n) is 18.5. The quantitative estimate of drug-likeness (QED) is 0.249. The van der Waals surface area contributed by atoms with Gasteiger partial charge in [-0.05, 0) is 43.9 Å². The van der Waals surface area contributed by atoms with Crippen molar-refractivity contribution in [1.82, 2.24) is 15.5 Å². The van der Waals surface area contributed by atoms with Crippen molar-refractivity contribution >= 4 is 29.9 Å². The molecule has 1 aromatic rings. The summed E-state index contributed by atoms with van der Waals surface area (Å²) in [6, 6.07) is 7.76. The summed E-state index contributed by atoms with van der Waals surface area (Å²) in [6.45, 7) is 7.58. The highest BCUT2D eigenvalue weighted by atomic mass is 127. The third-order valence-electron chi connectivity index (χ3n) is 5.05. The Hall–Kier alpha value is -1.07. The van der Waals surface area contributed by atoms with Gasteiger partial charge < -0.3 is 20.3 Å². The second kappa shape index (κ2) is 14.9. The molecule has 1 saturated heterocycles. The predicted octanol–water partition coefficient (Wildman–Crippen LogP) is 4.70. The first kappa shape index (κ1) is 28.0. The van der Waals surface area contributed by atoms with E-state index in [9.17, 15) is 13.2 Å². The summed E-state index contributed by atoms with van der Waals surface area (Å²) in [7, 11) is 0. The minimum atomic E-state index is -4.31. The van der Waals surface area contributed by atoms with E-state index in [1.54, 1.807) is 6.07 Å². The molecule has 2 N–H and O–H groups in total. The Labute approximate surface area is 201 Å². The van der Waals surface area contributed by atoms with Crippen LogP contribution in [0.3, 0.4) is 0 Å². The summed E-state index contributed by atoms with van der Waals surface area (Å²) in [5.74, 6) is 0.781. The van der Waals surface area contributed by atoms with E-state index in [-0.39, 0.29) is 30.6 Å². The third kappa shape index (κ3) is 11.9. The Morgan fingerprint density at radius 3 is 2.55 bits per heavy atom. The van der Waals surface area contributed by atoms with Gasteiger partial charge in [0.1, 0.15) is 6.61 Å². The molecule has 178 valence electrons. The van der Waals surface area contributed by atoms with Gasteiger partial charge in [-0.15, -0.1) is 24.0 Å². The van der Waals surface area contributed by atoms with Gasteiger partial charge in [0.05, 0.1) is 13.2 Å². The van der Waals surface area contributed by atoms with Gasteiger partial charge in [0.2, 0.25) is 0 Å². The van der Waals surface area contributed by atoms with Crippen molar-refractivity contribution in [3.05, 3.63) is 35.4 Å². The van der Waals surface area contributed by atoms with E-state index in [4.69, 9.17) is 4.74 Å². The average molecular weight is 556 g/mol. The van der Waals surface area contributed by atoms with E-state index in [0.717, 1.165) is 44.0 Å². The summed E-state index contributed by atoms with van der Waals surface area (Å²) in [5, 5.41) is 6.82. The molecule has 1 heterocycles. The lowest BCUT2D eigenvalue weighted by Crippen LogP contribution is -2.48. The molecular formula is C22H36F3IN4O. The third-order valence-corrected chi connectivity index (χ3v) is 5.05. The molecule has 0 amide bonds. The van der Waals surface area contributed by atoms with Crippen LogP contribution < -0.4 is 10.6 Å². The van der Waals surface area contributed by atoms with Crippen LogP contribution in [-0.2, 0) is 17.9 Å². The number of likely N-dealkylation sites (tertiary alicyclic amines) is 1. The number of guanidine groups is 1. The number of aliphatic imine (C=N–C) groups is 1. The lowest BCUT2D eigenvalue weighted by molar-refractivity contribution is -0.176. The van der Waals surface area contributed by atoms with Gasteiger partial charge in [0.15, 0.2) is 5.96 Å². The predicted molar refractivity (Wildman–Crippen MR) is 130 cm³/mol. The number of nitrogens with one attached hydrogen (secondary N) is 2. The van der Waals surface area contributed by atoms with Gasteiger partial charge in [-0.3, -0.25) is 0 Å². The van der Waals surface area contributed by atoms with Gasteiger partial charge in [0.25, 0.3) is 0 Å². The molecule has 0 saturated carbocycles. The monoisotopic (exact) mass is 556 g/mol. The number of rotatable bonds is 10. The number of piperidine rings is 1. The van der Waals surface area contributed by atoms with E-state index in [1.165, 1.54) is 19.4 Å². The fraction of sp³-hybridized carbons (Fsp3) is 0.682. The van der Waals surface area contributed by atoms with Gasteiger partial charge in [-0.25, -0.2) is 4.99 Å². The lowest BCUT2D eigenvalue weighted by atomic mass is 10.0. The van der Waals surface area contributed by atoms with Crippen LogP contribution in [0.15, 0.2) is 29.3 Å². The molecular weight excluding hydrogens is 520 g/mol. The van der Waals surface area contributed by atoms with Crippen molar-refractivity contribution in [1.29, 1.82) is 0 Å². The van der Waals surface area contributed by atoms with Gasteiger partial charge >= 0.3 is 6.18 Å². The average Bonchev–Trinajstić information content (AvgIpc) is 2.71. The Balaban J connectivity index is 0.00000480. The van der Waals surface area contributed by atoms with Gasteiger partial charge in [0, 0.05) is 25.7 Å². The van der Waals surface area contributed by atoms with Crippen LogP contribution >= 0.6 is 24.0 Å². The number of hydrogen-bond donors (Lipinski definition) is 2. The zero-order chi connectivity index (χ0) is 21.8. The van der Waals surface area contributed by atoms with Crippen LogP contribution in [0.25, 0.3) is 0 Å². The van der Waals surface area contributed by atoms with Crippen LogP contribution in [-0.4, -0.2) is 55.9 Å². The van der Waals surface area contributed by atoms with E-state index >= 15 is 0 Å². The zero-order valence-corrected chi connectivity index (χ0v) is 20.8. The van der Waals surface area contributed by atoms with Crippen molar-refractivity contribution < 1.29 is 17.9 Å². The first-order valence-electron chi connectivity index (χ1n) is 10.9. The summed E-state index contributed by atoms with van der Waals surface area (Å²) < 4.78 is 41.4. The molecule has 0 unspecified atom stereocenters. The SMILES string of the molecule is CCCCN1CCC(NC(=NCc2cccc(COCC(F)(F)F)c2)NCC)CC1.I. The van der Waals surface area contributed by atoms with Crippen molar-refractivity contribution in [2.75, 3.05) is 32.8 Å². The van der Waals surface area contributed by atoms with Crippen molar-refractivity contribution in [2.24, 2.45) is 4.99 Å². The molecule has 1 fully saturated rings. The lowest BCUT2D eigenvalue weighted by Gasteiger charge is -2.33. The smallest absolute Gasteiger partial charge is 0.367 e. The minimum Gasteiger partial charge on any atom is -0.367 e. The molecule has 2 rings (SSSR count). The number of hydrogen-bond acceptors (Lipinski definition) is 3. The number of halogens is 4. The Morgan fingerprint density at radius 1 is 1.19 bits per heavy atom. The van der Waals surface area contributed by atoms with Crippen LogP contribution in [0.2, 0.25) is 0 Å². The number of nitrogens with zero attached hydrogens (tertiary/aromatic N) is 2. The molecule has 5 nitrogen and oxygen atoms in total. The molecule has 0 radical (unpaired) electrons. The largest absolute Gasteiger partial charge is 0.411 e. The van der Waals surface area contributed by atoms with E-state index in [2.05, 4.69) is 27.4 Å². The number of ether oxygens (including phenoxy) is 1. The van der Waals surface area contributed by atoms with Crippen molar-refractivity contribution in [2.45, 2.75) is 64.9 Å². The minimum absolute atomic E-state index is 0. The maximum absolute atomic E-state index is 12.2. The number of alkyl halides is 3. The summed E-state index contributed by atoms with van der Waals surface area (Å²) in [5.41, 5.74) is 1.65. The fourth-order valence-corrected chi connectivity index (χ4v) is 3.47. The Bertz CT molecular complexity index is 650. The molecule has 0 aliphatic carbocycles. The van der Waals surface area contributed by atoms with E-state index < -0.39 is 12.8 Å². The molecule has 31 heavy (non-hydrogen) atoms. The molecule has 9 heteroatoms. The van der Waals surface area contributed by atoms with Crippen molar-refractivity contribution in [3.63, 3.8) is 0 Å². The normalized spacial score (nSPS) is 16.1. The topological polar surface area (TPSA) is 48.9 Å². The standard InChI is InChI=1S/C22H35F3N4O.HI/c1-3-5-11-29-12-9-20(10-13-29)28-21(26-4-2)27-15-18-7-6-8-19(14-18)16-30-17-22(23,24)25;/h6-8,14,20H,3-5,9-13,15-17H2,1-2H3,(H2,26,27,28);1H. The number of benzene rings is 1. The molecule has 0 bridgehead atoms. The molecule has 0 spiro atoms. The highest BCUT2D eigenvalue weighted by Gasteiger charge is 2.27. The first-order chi connectivity index (χ1) is 14.4. The summed E-state index contributed by atoms with van der Waals surface area (Å²) >= 11 is 0. The Morgan fingerprint density at radius 2 is 1.90 bits per heavy atom. The summed E-state index contributed by atoms with van der Waals surface area (Å²) in [4.78, 5) is 7.19. The second-order valence-corrected chi connectivity index (χ2v) is 7.74. The maximum Gasteiger partial charge on any atom is 0.411 e. The fourth-order valence-electron chi connectivity index (χ4n) is 3.47.